The molecule has 0 saturated heterocycles. The molecular formula is C24H20N6O4S. The van der Waals surface area contributed by atoms with Gasteiger partial charge in [-0.3, -0.25) is 20.4 Å². The molecule has 0 fully saturated rings. The molecule has 3 heterocycles. The van der Waals surface area contributed by atoms with Crippen LogP contribution in [0, 0.1) is 0 Å². The Kier molecular flexibility index (Phi) is 5.75. The summed E-state index contributed by atoms with van der Waals surface area (Å²) in [7, 11) is -3.49. The minimum atomic E-state index is -3.49. The molecule has 11 heteroatoms. The summed E-state index contributed by atoms with van der Waals surface area (Å²) < 4.78 is 28.6. The molecule has 5 rings (SSSR count). The first kappa shape index (κ1) is 22.3. The lowest BCUT2D eigenvalue weighted by Gasteiger charge is -2.26. The van der Waals surface area contributed by atoms with Crippen molar-refractivity contribution in [2.45, 2.75) is 0 Å². The second-order valence-electron chi connectivity index (χ2n) is 7.79. The van der Waals surface area contributed by atoms with Crippen molar-refractivity contribution in [1.29, 1.82) is 0 Å². The van der Waals surface area contributed by atoms with Crippen molar-refractivity contribution in [2.75, 3.05) is 12.3 Å². The smallest absolute Gasteiger partial charge is 0.273 e. The molecule has 2 N–H and O–H groups in total. The number of carbonyl (C=O) groups excluding carboxylic acids is 2. The third-order valence-corrected chi connectivity index (χ3v) is 6.57. The van der Waals surface area contributed by atoms with Crippen molar-refractivity contribution < 1.29 is 18.0 Å². The van der Waals surface area contributed by atoms with Crippen LogP contribution in [0.15, 0.2) is 95.2 Å². The number of fused-ring (bicyclic) bond motifs is 1. The zero-order chi connectivity index (χ0) is 24.4. The fourth-order valence-electron chi connectivity index (χ4n) is 3.65. The monoisotopic (exact) mass is 488 g/mol. The molecule has 35 heavy (non-hydrogen) atoms. The van der Waals surface area contributed by atoms with Crippen molar-refractivity contribution in [1.82, 2.24) is 25.5 Å². The lowest BCUT2D eigenvalue weighted by atomic mass is 10.1. The van der Waals surface area contributed by atoms with Gasteiger partial charge in [-0.2, -0.15) is 5.10 Å². The molecule has 10 nitrogen and oxygen atoms in total. The number of aromatic nitrogens is 2. The van der Waals surface area contributed by atoms with E-state index in [1.165, 1.54) is 18.4 Å². The van der Waals surface area contributed by atoms with Gasteiger partial charge in [-0.25, -0.2) is 13.1 Å². The number of hydrogen-bond donors (Lipinski definition) is 2. The largest absolute Gasteiger partial charge is 0.330 e. The van der Waals surface area contributed by atoms with Crippen molar-refractivity contribution in [2.24, 2.45) is 4.40 Å². The number of nitrogens with one attached hydrogen (secondary N) is 2. The Hall–Kier alpha value is -4.51. The van der Waals surface area contributed by atoms with Crippen LogP contribution in [-0.2, 0) is 14.8 Å². The first-order valence-corrected chi connectivity index (χ1v) is 12.3. The van der Waals surface area contributed by atoms with Crippen LogP contribution in [0.4, 0.5) is 0 Å². The predicted octanol–water partition coefficient (Wildman–Crippen LogP) is 1.80. The van der Waals surface area contributed by atoms with E-state index in [1.807, 2.05) is 60.7 Å². The van der Waals surface area contributed by atoms with E-state index in [0.717, 1.165) is 11.3 Å². The Morgan fingerprint density at radius 3 is 2.31 bits per heavy atom. The van der Waals surface area contributed by atoms with Crippen LogP contribution in [0.2, 0.25) is 0 Å². The molecule has 0 atom stereocenters. The summed E-state index contributed by atoms with van der Waals surface area (Å²) >= 11 is 0. The number of hydrazine groups is 1. The molecule has 176 valence electrons. The maximum absolute atomic E-state index is 13.1. The number of amidine groups is 1. The highest BCUT2D eigenvalue weighted by atomic mass is 32.2. The van der Waals surface area contributed by atoms with Crippen molar-refractivity contribution in [3.63, 3.8) is 0 Å². The van der Waals surface area contributed by atoms with Gasteiger partial charge in [0.05, 0.1) is 22.6 Å². The first-order valence-electron chi connectivity index (χ1n) is 10.7. The number of para-hydroxylation sites is 1. The lowest BCUT2D eigenvalue weighted by Crippen LogP contribution is -2.43. The molecule has 2 amide bonds. The summed E-state index contributed by atoms with van der Waals surface area (Å²) in [5.74, 6) is -0.984. The summed E-state index contributed by atoms with van der Waals surface area (Å²) in [6, 6.07) is 18.7. The molecule has 0 bridgehead atoms. The van der Waals surface area contributed by atoms with Gasteiger partial charge in [0.15, 0.2) is 0 Å². The number of carbonyl (C=O) groups is 2. The Balaban J connectivity index is 1.35. The van der Waals surface area contributed by atoms with Crippen LogP contribution in [0.1, 0.15) is 10.4 Å². The van der Waals surface area contributed by atoms with E-state index in [0.29, 0.717) is 5.69 Å². The molecule has 0 unspecified atom stereocenters. The number of sulfonamides is 1. The third kappa shape index (κ3) is 4.75. The van der Waals surface area contributed by atoms with Crippen LogP contribution in [0.25, 0.3) is 16.9 Å². The van der Waals surface area contributed by atoms with Crippen LogP contribution in [0.3, 0.4) is 0 Å². The highest BCUT2D eigenvalue weighted by Crippen LogP contribution is 2.23. The Labute approximate surface area is 201 Å². The zero-order valence-electron chi connectivity index (χ0n) is 18.3. The van der Waals surface area contributed by atoms with E-state index < -0.39 is 21.8 Å². The van der Waals surface area contributed by atoms with Gasteiger partial charge in [0.25, 0.3) is 21.8 Å². The fraction of sp³-hybridized carbons (Fsp3) is 0.0833. The normalized spacial score (nSPS) is 16.1. The highest BCUT2D eigenvalue weighted by molar-refractivity contribution is 7.90. The fourth-order valence-corrected chi connectivity index (χ4v) is 4.62. The van der Waals surface area contributed by atoms with E-state index in [2.05, 4.69) is 20.3 Å². The molecule has 2 aliphatic rings. The summed E-state index contributed by atoms with van der Waals surface area (Å²) in [5, 5.41) is 4.60. The summed E-state index contributed by atoms with van der Waals surface area (Å²) in [6.07, 6.45) is 6.00. The average molecular weight is 489 g/mol. The summed E-state index contributed by atoms with van der Waals surface area (Å²) in [5.41, 5.74) is 7.38. The predicted molar refractivity (Wildman–Crippen MR) is 130 cm³/mol. The molecule has 2 aromatic carbocycles. The van der Waals surface area contributed by atoms with Gasteiger partial charge in [0, 0.05) is 24.5 Å². The molecule has 1 aromatic heterocycles. The third-order valence-electron chi connectivity index (χ3n) is 5.40. The van der Waals surface area contributed by atoms with Gasteiger partial charge in [0.2, 0.25) is 0 Å². The Morgan fingerprint density at radius 1 is 0.886 bits per heavy atom. The summed E-state index contributed by atoms with van der Waals surface area (Å²) in [6.45, 7) is 0.188. The van der Waals surface area contributed by atoms with E-state index >= 15 is 0 Å². The van der Waals surface area contributed by atoms with Crippen molar-refractivity contribution in [3.05, 3.63) is 96.3 Å². The minimum absolute atomic E-state index is 0.139. The number of hydrogen-bond acceptors (Lipinski definition) is 6. The number of amides is 2. The number of nitrogens with zero attached hydrogens (tertiary/aromatic N) is 4. The summed E-state index contributed by atoms with van der Waals surface area (Å²) in [4.78, 5) is 27.3. The Morgan fingerprint density at radius 2 is 1.57 bits per heavy atom. The van der Waals surface area contributed by atoms with E-state index in [1.54, 1.807) is 15.8 Å². The molecular weight excluding hydrogens is 468 g/mol. The van der Waals surface area contributed by atoms with Crippen molar-refractivity contribution >= 4 is 27.7 Å². The van der Waals surface area contributed by atoms with Crippen LogP contribution < -0.4 is 10.9 Å². The van der Waals surface area contributed by atoms with E-state index in [4.69, 9.17) is 0 Å². The molecule has 2 aliphatic heterocycles. The molecule has 0 saturated carbocycles. The van der Waals surface area contributed by atoms with Gasteiger partial charge in [-0.1, -0.05) is 48.5 Å². The van der Waals surface area contributed by atoms with Gasteiger partial charge in [-0.15, -0.1) is 4.40 Å². The molecule has 0 aliphatic carbocycles. The van der Waals surface area contributed by atoms with Crippen LogP contribution in [0.5, 0.6) is 0 Å². The average Bonchev–Trinajstić information content (AvgIpc) is 3.33. The van der Waals surface area contributed by atoms with E-state index in [-0.39, 0.29) is 29.3 Å². The molecule has 3 aromatic rings. The number of benzene rings is 2. The van der Waals surface area contributed by atoms with Crippen LogP contribution >= 0.6 is 0 Å². The highest BCUT2D eigenvalue weighted by Gasteiger charge is 2.25. The van der Waals surface area contributed by atoms with Gasteiger partial charge in [0.1, 0.15) is 11.5 Å². The Bertz CT molecular complexity index is 1490. The maximum Gasteiger partial charge on any atom is 0.273 e. The van der Waals surface area contributed by atoms with E-state index in [9.17, 15) is 18.0 Å². The zero-order valence-corrected chi connectivity index (χ0v) is 19.1. The van der Waals surface area contributed by atoms with Gasteiger partial charge < -0.3 is 4.90 Å². The minimum Gasteiger partial charge on any atom is -0.330 e. The van der Waals surface area contributed by atoms with Crippen molar-refractivity contribution in [3.8, 4) is 16.9 Å². The lowest BCUT2D eigenvalue weighted by molar-refractivity contribution is -0.118. The quantitative estimate of drug-likeness (QED) is 0.540. The van der Waals surface area contributed by atoms with Gasteiger partial charge in [-0.05, 0) is 24.3 Å². The molecule has 0 radical (unpaired) electrons. The number of rotatable bonds is 4. The second-order valence-corrected chi connectivity index (χ2v) is 9.55. The second kappa shape index (κ2) is 9.03. The first-order chi connectivity index (χ1) is 16.9. The van der Waals surface area contributed by atoms with Gasteiger partial charge >= 0.3 is 0 Å². The molecule has 0 spiro atoms. The van der Waals surface area contributed by atoms with Crippen LogP contribution in [-0.4, -0.2) is 53.0 Å². The maximum atomic E-state index is 13.1. The SMILES string of the molecule is O=C(NNC(=O)c1cn(-c2ccccc2)nc1-c1ccccc1)C1=CN2CCS(=O)(=O)N=C2C=C1. The topological polar surface area (TPSA) is 126 Å². The standard InChI is InChI=1S/C24H20N6O4S/c31-23(18-11-12-21-28-35(33,34)14-13-29(21)15-18)25-26-24(32)20-16-30(19-9-5-2-6-10-19)27-22(20)17-7-3-1-4-8-17/h1-12,15-16H,13-14H2,(H,25,31)(H,26,32).